The van der Waals surface area contributed by atoms with E-state index in [0.717, 1.165) is 11.3 Å². The molecule has 0 amide bonds. The van der Waals surface area contributed by atoms with Crippen molar-refractivity contribution < 1.29 is 13.8 Å². The van der Waals surface area contributed by atoms with E-state index in [1.165, 1.54) is 5.56 Å². The van der Waals surface area contributed by atoms with Crippen molar-refractivity contribution in [1.29, 1.82) is 0 Å². The molecule has 2 aromatic carbocycles. The van der Waals surface area contributed by atoms with Crippen molar-refractivity contribution in [2.75, 3.05) is 0 Å². The van der Waals surface area contributed by atoms with Crippen LogP contribution in [0.3, 0.4) is 0 Å². The summed E-state index contributed by atoms with van der Waals surface area (Å²) < 4.78 is 15.9. The summed E-state index contributed by atoms with van der Waals surface area (Å²) in [7, 11) is 0. The van der Waals surface area contributed by atoms with E-state index in [4.69, 9.17) is 25.4 Å². The first-order chi connectivity index (χ1) is 12.7. The molecule has 0 aliphatic carbocycles. The Morgan fingerprint density at radius 2 is 1.81 bits per heavy atom. The van der Waals surface area contributed by atoms with E-state index in [0.29, 0.717) is 22.2 Å². The predicted octanol–water partition coefficient (Wildman–Crippen LogP) is 4.93. The number of hydrogen-bond donors (Lipinski definition) is 0. The van der Waals surface area contributed by atoms with Gasteiger partial charge in [-0.05, 0) is 19.1 Å². The Hall–Kier alpha value is -3.12. The Morgan fingerprint density at radius 1 is 1.00 bits per heavy atom. The highest BCUT2D eigenvalue weighted by Crippen LogP contribution is 2.26. The molecule has 0 aliphatic rings. The number of aromatic nitrogens is 3. The maximum Gasteiger partial charge on any atom is 0.418 e. The van der Waals surface area contributed by atoms with E-state index >= 15 is 0 Å². The highest BCUT2D eigenvalue weighted by Gasteiger charge is 2.14. The number of halogens is 1. The van der Waals surface area contributed by atoms with Crippen molar-refractivity contribution in [3.05, 3.63) is 70.9 Å². The molecule has 4 rings (SSSR count). The van der Waals surface area contributed by atoms with Crippen LogP contribution in [0.25, 0.3) is 22.6 Å². The summed E-state index contributed by atoms with van der Waals surface area (Å²) >= 11 is 6.13. The zero-order valence-electron chi connectivity index (χ0n) is 13.8. The maximum atomic E-state index is 6.13. The number of hydrogen-bond acceptors (Lipinski definition) is 6. The van der Waals surface area contributed by atoms with Crippen LogP contribution in [0.2, 0.25) is 5.02 Å². The van der Waals surface area contributed by atoms with E-state index in [-0.39, 0.29) is 12.7 Å². The molecule has 0 aliphatic heterocycles. The van der Waals surface area contributed by atoms with Gasteiger partial charge in [-0.25, -0.2) is 0 Å². The average Bonchev–Trinajstić information content (AvgIpc) is 3.30. The SMILES string of the molecule is Cc1ccc(-c2cc(COc3nc(-c4ccccc4Cl)no3)on2)cc1. The smallest absolute Gasteiger partial charge is 0.418 e. The lowest BCUT2D eigenvalue weighted by molar-refractivity contribution is 0.173. The van der Waals surface area contributed by atoms with Crippen molar-refractivity contribution >= 4 is 11.6 Å². The molecule has 0 bridgehead atoms. The largest absolute Gasteiger partial charge is 0.441 e. The van der Waals surface area contributed by atoms with Crippen molar-refractivity contribution in [1.82, 2.24) is 15.3 Å². The molecule has 0 N–H and O–H groups in total. The van der Waals surface area contributed by atoms with Crippen LogP contribution in [-0.2, 0) is 6.61 Å². The molecule has 0 radical (unpaired) electrons. The first kappa shape index (κ1) is 16.4. The van der Waals surface area contributed by atoms with Gasteiger partial charge in [-0.1, -0.05) is 63.9 Å². The fourth-order valence-corrected chi connectivity index (χ4v) is 2.61. The van der Waals surface area contributed by atoms with Crippen LogP contribution in [0.15, 0.2) is 63.6 Å². The van der Waals surface area contributed by atoms with Gasteiger partial charge >= 0.3 is 6.08 Å². The summed E-state index contributed by atoms with van der Waals surface area (Å²) in [5.41, 5.74) is 3.58. The van der Waals surface area contributed by atoms with Crippen molar-refractivity contribution in [2.45, 2.75) is 13.5 Å². The minimum atomic E-state index is 0.0354. The number of nitrogens with zero attached hydrogens (tertiary/aromatic N) is 3. The minimum absolute atomic E-state index is 0.0354. The molecule has 6 nitrogen and oxygen atoms in total. The Bertz CT molecular complexity index is 1020. The van der Waals surface area contributed by atoms with E-state index in [9.17, 15) is 0 Å². The Balaban J connectivity index is 1.44. The summed E-state index contributed by atoms with van der Waals surface area (Å²) in [6, 6.07) is 17.1. The number of ether oxygens (including phenoxy) is 1. The molecule has 7 heteroatoms. The van der Waals surface area contributed by atoms with Gasteiger partial charge in [-0.2, -0.15) is 4.98 Å². The fourth-order valence-electron chi connectivity index (χ4n) is 2.39. The van der Waals surface area contributed by atoms with Gasteiger partial charge in [-0.15, -0.1) is 0 Å². The van der Waals surface area contributed by atoms with E-state index < -0.39 is 0 Å². The number of rotatable bonds is 5. The molecule has 0 saturated heterocycles. The van der Waals surface area contributed by atoms with E-state index in [1.54, 1.807) is 12.1 Å². The average molecular weight is 368 g/mol. The van der Waals surface area contributed by atoms with Gasteiger partial charge in [-0.3, -0.25) is 4.52 Å². The minimum Gasteiger partial charge on any atom is -0.441 e. The molecule has 130 valence electrons. The molecule has 0 saturated carbocycles. The monoisotopic (exact) mass is 367 g/mol. The summed E-state index contributed by atoms with van der Waals surface area (Å²) in [6.07, 6.45) is 0.0354. The molecular formula is C19H14ClN3O3. The summed E-state index contributed by atoms with van der Waals surface area (Å²) in [4.78, 5) is 4.18. The molecule has 2 aromatic heterocycles. The molecule has 4 aromatic rings. The quantitative estimate of drug-likeness (QED) is 0.497. The van der Waals surface area contributed by atoms with Crippen LogP contribution >= 0.6 is 11.6 Å². The van der Waals surface area contributed by atoms with Gasteiger partial charge in [0.25, 0.3) is 0 Å². The van der Waals surface area contributed by atoms with E-state index in [1.807, 2.05) is 49.4 Å². The standard InChI is InChI=1S/C19H14ClN3O3/c1-12-6-8-13(9-7-12)17-10-14(25-22-17)11-24-19-21-18(23-26-19)15-4-2-3-5-16(15)20/h2-10H,11H2,1H3. The Kier molecular flexibility index (Phi) is 4.41. The normalized spacial score (nSPS) is 10.8. The van der Waals surface area contributed by atoms with Gasteiger partial charge in [0.05, 0.1) is 5.02 Å². The van der Waals surface area contributed by atoms with Crippen LogP contribution in [0.4, 0.5) is 0 Å². The lowest BCUT2D eigenvalue weighted by atomic mass is 10.1. The van der Waals surface area contributed by atoms with Crippen molar-refractivity contribution in [2.24, 2.45) is 0 Å². The second-order valence-corrected chi connectivity index (χ2v) is 6.10. The zero-order valence-corrected chi connectivity index (χ0v) is 14.6. The topological polar surface area (TPSA) is 74.2 Å². The maximum absolute atomic E-state index is 6.13. The van der Waals surface area contributed by atoms with Crippen LogP contribution in [0.5, 0.6) is 6.08 Å². The van der Waals surface area contributed by atoms with E-state index in [2.05, 4.69) is 15.3 Å². The summed E-state index contributed by atoms with van der Waals surface area (Å²) in [5, 5.41) is 8.47. The summed E-state index contributed by atoms with van der Waals surface area (Å²) in [5.74, 6) is 0.918. The second-order valence-electron chi connectivity index (χ2n) is 5.70. The van der Waals surface area contributed by atoms with Crippen molar-refractivity contribution in [3.63, 3.8) is 0 Å². The van der Waals surface area contributed by atoms with Gasteiger partial charge in [0.15, 0.2) is 12.4 Å². The first-order valence-corrected chi connectivity index (χ1v) is 8.31. The molecule has 26 heavy (non-hydrogen) atoms. The third-order valence-electron chi connectivity index (χ3n) is 3.77. The molecule has 2 heterocycles. The van der Waals surface area contributed by atoms with Crippen molar-refractivity contribution in [3.8, 4) is 28.7 Å². The molecular weight excluding hydrogens is 354 g/mol. The molecule has 0 spiro atoms. The third kappa shape index (κ3) is 3.45. The van der Waals surface area contributed by atoms with Gasteiger partial charge in [0, 0.05) is 17.2 Å². The Morgan fingerprint density at radius 3 is 2.62 bits per heavy atom. The van der Waals surface area contributed by atoms with Crippen LogP contribution in [-0.4, -0.2) is 15.3 Å². The zero-order chi connectivity index (χ0) is 17.9. The highest BCUT2D eigenvalue weighted by atomic mass is 35.5. The second kappa shape index (κ2) is 7.01. The summed E-state index contributed by atoms with van der Waals surface area (Å²) in [6.45, 7) is 2.16. The van der Waals surface area contributed by atoms with Crippen LogP contribution in [0, 0.1) is 6.92 Å². The molecule has 0 atom stereocenters. The third-order valence-corrected chi connectivity index (χ3v) is 4.10. The predicted molar refractivity (Wildman–Crippen MR) is 95.8 cm³/mol. The molecule has 0 fully saturated rings. The number of benzene rings is 2. The van der Waals surface area contributed by atoms with Crippen LogP contribution < -0.4 is 4.74 Å². The lowest BCUT2D eigenvalue weighted by Crippen LogP contribution is -1.93. The lowest BCUT2D eigenvalue weighted by Gasteiger charge is -1.96. The van der Waals surface area contributed by atoms with Crippen LogP contribution in [0.1, 0.15) is 11.3 Å². The highest BCUT2D eigenvalue weighted by molar-refractivity contribution is 6.33. The van der Waals surface area contributed by atoms with Gasteiger partial charge in [0.2, 0.25) is 5.82 Å². The molecule has 0 unspecified atom stereocenters. The first-order valence-electron chi connectivity index (χ1n) is 7.93. The Labute approximate surface area is 154 Å². The van der Waals surface area contributed by atoms with Gasteiger partial charge in [0.1, 0.15) is 5.69 Å². The fraction of sp³-hybridized carbons (Fsp3) is 0.105. The van der Waals surface area contributed by atoms with Gasteiger partial charge < -0.3 is 9.26 Å². The number of aryl methyl sites for hydroxylation is 1.